The van der Waals surface area contributed by atoms with Gasteiger partial charge in [-0.15, -0.1) is 0 Å². The third kappa shape index (κ3) is 3.03. The van der Waals surface area contributed by atoms with Gasteiger partial charge in [0.2, 0.25) is 0 Å². The van der Waals surface area contributed by atoms with Crippen LogP contribution in [0.3, 0.4) is 0 Å². The largest absolute Gasteiger partial charge is 0.481 e. The van der Waals surface area contributed by atoms with Crippen molar-refractivity contribution in [2.24, 2.45) is 5.92 Å². The zero-order valence-electron chi connectivity index (χ0n) is 10.7. The first-order valence-corrected chi connectivity index (χ1v) is 8.49. The van der Waals surface area contributed by atoms with Gasteiger partial charge in [0.25, 0.3) is 0 Å². The number of carboxylic acids is 1. The molecule has 104 valence electrons. The maximum absolute atomic E-state index is 11.6. The summed E-state index contributed by atoms with van der Waals surface area (Å²) in [5, 5.41) is 8.75. The lowest BCUT2D eigenvalue weighted by Crippen LogP contribution is -2.41. The van der Waals surface area contributed by atoms with Crippen LogP contribution in [0.5, 0.6) is 0 Å². The van der Waals surface area contributed by atoms with Crippen molar-refractivity contribution >= 4 is 15.8 Å². The molecule has 3 atom stereocenters. The van der Waals surface area contributed by atoms with Crippen LogP contribution in [0, 0.1) is 5.92 Å². The summed E-state index contributed by atoms with van der Waals surface area (Å²) < 4.78 is 23.2. The van der Waals surface area contributed by atoms with Crippen molar-refractivity contribution in [3.63, 3.8) is 0 Å². The van der Waals surface area contributed by atoms with Gasteiger partial charge in [-0.3, -0.25) is 9.69 Å². The number of aliphatic carboxylic acids is 1. The predicted octanol–water partition coefficient (Wildman–Crippen LogP) is 0.749. The molecular weight excluding hydrogens is 254 g/mol. The molecule has 3 unspecified atom stereocenters. The molecule has 2 aliphatic rings. The van der Waals surface area contributed by atoms with Crippen LogP contribution < -0.4 is 0 Å². The lowest BCUT2D eigenvalue weighted by atomic mass is 9.94. The standard InChI is InChI=1S/C12H21NO4S/c1-18(16,17)11-4-2-3-10(7-11)13-6-5-9(8-13)12(14)15/h9-11H,2-8H2,1H3,(H,14,15). The Balaban J connectivity index is 1.96. The summed E-state index contributed by atoms with van der Waals surface area (Å²) in [6.45, 7) is 1.37. The van der Waals surface area contributed by atoms with Gasteiger partial charge in [0, 0.05) is 18.8 Å². The van der Waals surface area contributed by atoms with Gasteiger partial charge >= 0.3 is 5.97 Å². The number of rotatable bonds is 3. The van der Waals surface area contributed by atoms with E-state index in [1.165, 1.54) is 6.26 Å². The fraction of sp³-hybridized carbons (Fsp3) is 0.917. The number of sulfone groups is 1. The Bertz CT molecular complexity index is 420. The molecule has 1 aliphatic heterocycles. The van der Waals surface area contributed by atoms with Gasteiger partial charge in [-0.25, -0.2) is 8.42 Å². The molecule has 0 spiro atoms. The molecule has 0 amide bonds. The van der Waals surface area contributed by atoms with Crippen LogP contribution in [0.25, 0.3) is 0 Å². The second-order valence-electron chi connectivity index (χ2n) is 5.59. The highest BCUT2D eigenvalue weighted by Gasteiger charge is 2.36. The number of hydrogen-bond acceptors (Lipinski definition) is 4. The molecule has 0 radical (unpaired) electrons. The van der Waals surface area contributed by atoms with Crippen molar-refractivity contribution in [3.8, 4) is 0 Å². The van der Waals surface area contributed by atoms with E-state index >= 15 is 0 Å². The van der Waals surface area contributed by atoms with Gasteiger partial charge < -0.3 is 5.11 Å². The minimum atomic E-state index is -2.96. The monoisotopic (exact) mass is 275 g/mol. The molecule has 0 bridgehead atoms. The maximum Gasteiger partial charge on any atom is 0.307 e. The second-order valence-corrected chi connectivity index (χ2v) is 7.92. The van der Waals surface area contributed by atoms with E-state index in [1.807, 2.05) is 0 Å². The SMILES string of the molecule is CS(=O)(=O)C1CCCC(N2CCC(C(=O)O)C2)C1. The van der Waals surface area contributed by atoms with Gasteiger partial charge in [0.1, 0.15) is 9.84 Å². The highest BCUT2D eigenvalue weighted by atomic mass is 32.2. The zero-order chi connectivity index (χ0) is 13.3. The van der Waals surface area contributed by atoms with Crippen LogP contribution in [0.15, 0.2) is 0 Å². The van der Waals surface area contributed by atoms with E-state index in [0.29, 0.717) is 19.4 Å². The summed E-state index contributed by atoms with van der Waals surface area (Å²) in [6, 6.07) is 0.253. The third-order valence-corrected chi connectivity index (χ3v) is 5.93. The van der Waals surface area contributed by atoms with Crippen LogP contribution in [0.4, 0.5) is 0 Å². The molecular formula is C12H21NO4S. The van der Waals surface area contributed by atoms with Gasteiger partial charge in [-0.05, 0) is 32.2 Å². The Labute approximate surface area is 108 Å². The first-order valence-electron chi connectivity index (χ1n) is 6.53. The summed E-state index contributed by atoms with van der Waals surface area (Å²) in [5.74, 6) is -1.00. The predicted molar refractivity (Wildman–Crippen MR) is 68.2 cm³/mol. The van der Waals surface area contributed by atoms with Crippen molar-refractivity contribution in [3.05, 3.63) is 0 Å². The quantitative estimate of drug-likeness (QED) is 0.822. The smallest absolute Gasteiger partial charge is 0.307 e. The molecule has 18 heavy (non-hydrogen) atoms. The second kappa shape index (κ2) is 5.17. The van der Waals surface area contributed by atoms with Crippen molar-refractivity contribution < 1.29 is 18.3 Å². The van der Waals surface area contributed by atoms with E-state index in [2.05, 4.69) is 4.90 Å². The van der Waals surface area contributed by atoms with Crippen LogP contribution >= 0.6 is 0 Å². The summed E-state index contributed by atoms with van der Waals surface area (Å²) in [4.78, 5) is 13.1. The number of hydrogen-bond donors (Lipinski definition) is 1. The van der Waals surface area contributed by atoms with E-state index in [9.17, 15) is 13.2 Å². The molecule has 0 aromatic heterocycles. The molecule has 0 aromatic rings. The Hall–Kier alpha value is -0.620. The van der Waals surface area contributed by atoms with Crippen molar-refractivity contribution in [1.29, 1.82) is 0 Å². The summed E-state index contributed by atoms with van der Waals surface area (Å²) in [5.41, 5.74) is 0. The Morgan fingerprint density at radius 2 is 2.00 bits per heavy atom. The molecule has 1 heterocycles. The van der Waals surface area contributed by atoms with Crippen molar-refractivity contribution in [2.75, 3.05) is 19.3 Å². The normalized spacial score (nSPS) is 34.6. The minimum Gasteiger partial charge on any atom is -0.481 e. The van der Waals surface area contributed by atoms with E-state index in [-0.39, 0.29) is 17.2 Å². The molecule has 1 aliphatic carbocycles. The van der Waals surface area contributed by atoms with E-state index < -0.39 is 15.8 Å². The van der Waals surface area contributed by atoms with Crippen molar-refractivity contribution in [1.82, 2.24) is 4.90 Å². The average molecular weight is 275 g/mol. The van der Waals surface area contributed by atoms with Gasteiger partial charge in [0.05, 0.1) is 11.2 Å². The Morgan fingerprint density at radius 3 is 2.56 bits per heavy atom. The van der Waals surface area contributed by atoms with Crippen LogP contribution in [0.1, 0.15) is 32.1 Å². The lowest BCUT2D eigenvalue weighted by molar-refractivity contribution is -0.141. The van der Waals surface area contributed by atoms with Crippen molar-refractivity contribution in [2.45, 2.75) is 43.4 Å². The number of nitrogens with zero attached hydrogens (tertiary/aromatic N) is 1. The van der Waals surface area contributed by atoms with E-state index in [0.717, 1.165) is 25.8 Å². The number of carbonyl (C=O) groups is 1. The third-order valence-electron chi connectivity index (χ3n) is 4.29. The summed E-state index contributed by atoms with van der Waals surface area (Å²) in [7, 11) is -2.96. The lowest BCUT2D eigenvalue weighted by Gasteiger charge is -2.34. The van der Waals surface area contributed by atoms with E-state index in [4.69, 9.17) is 5.11 Å². The van der Waals surface area contributed by atoms with Gasteiger partial charge in [-0.1, -0.05) is 6.42 Å². The highest BCUT2D eigenvalue weighted by molar-refractivity contribution is 7.91. The summed E-state index contributed by atoms with van der Waals surface area (Å²) in [6.07, 6.45) is 5.35. The van der Waals surface area contributed by atoms with Gasteiger partial charge in [0.15, 0.2) is 0 Å². The highest BCUT2D eigenvalue weighted by Crippen LogP contribution is 2.30. The average Bonchev–Trinajstić information content (AvgIpc) is 2.77. The number of likely N-dealkylation sites (tertiary alicyclic amines) is 1. The number of carboxylic acid groups (broad SMARTS) is 1. The minimum absolute atomic E-state index is 0.236. The first kappa shape index (κ1) is 13.8. The molecule has 5 nitrogen and oxygen atoms in total. The molecule has 2 rings (SSSR count). The van der Waals surface area contributed by atoms with Gasteiger partial charge in [-0.2, -0.15) is 0 Å². The zero-order valence-corrected chi connectivity index (χ0v) is 11.5. The van der Waals surface area contributed by atoms with Crippen LogP contribution in [-0.4, -0.2) is 55.0 Å². The first-order chi connectivity index (χ1) is 8.38. The van der Waals surface area contributed by atoms with E-state index in [1.54, 1.807) is 0 Å². The fourth-order valence-electron chi connectivity index (χ4n) is 3.16. The molecule has 6 heteroatoms. The molecule has 1 saturated carbocycles. The molecule has 1 saturated heterocycles. The molecule has 2 fully saturated rings. The topological polar surface area (TPSA) is 74.7 Å². The summed E-state index contributed by atoms with van der Waals surface area (Å²) >= 11 is 0. The molecule has 1 N–H and O–H groups in total. The Kier molecular flexibility index (Phi) is 3.96. The molecule has 0 aromatic carbocycles. The van der Waals surface area contributed by atoms with Crippen LogP contribution in [0.2, 0.25) is 0 Å². The van der Waals surface area contributed by atoms with Crippen LogP contribution in [-0.2, 0) is 14.6 Å². The maximum atomic E-state index is 11.6. The fourth-order valence-corrected chi connectivity index (χ4v) is 4.33. The Morgan fingerprint density at radius 1 is 1.28 bits per heavy atom.